The van der Waals surface area contributed by atoms with Gasteiger partial charge in [0.1, 0.15) is 11.4 Å². The lowest BCUT2D eigenvalue weighted by atomic mass is 10.0. The maximum absolute atomic E-state index is 12.3. The fourth-order valence-corrected chi connectivity index (χ4v) is 2.99. The molecule has 0 bridgehead atoms. The van der Waals surface area contributed by atoms with Crippen molar-refractivity contribution in [2.75, 3.05) is 6.61 Å². The summed E-state index contributed by atoms with van der Waals surface area (Å²) in [5, 5.41) is 12.1. The monoisotopic (exact) mass is 313 g/mol. The predicted molar refractivity (Wildman–Crippen MR) is 86.0 cm³/mol. The molecule has 1 heterocycles. The van der Waals surface area contributed by atoms with Crippen molar-refractivity contribution < 1.29 is 9.90 Å². The molecule has 0 aliphatic heterocycles. The van der Waals surface area contributed by atoms with Crippen molar-refractivity contribution in [1.29, 1.82) is 0 Å². The summed E-state index contributed by atoms with van der Waals surface area (Å²) in [6, 6.07) is 9.17. The minimum Gasteiger partial charge on any atom is -0.396 e. The summed E-state index contributed by atoms with van der Waals surface area (Å²) in [6.45, 7) is 0.0481. The zero-order chi connectivity index (χ0) is 16.2. The molecular formula is C17H19N3O3. The van der Waals surface area contributed by atoms with E-state index in [1.807, 2.05) is 30.3 Å². The smallest absolute Gasteiger partial charge is 0.264 e. The molecule has 6 nitrogen and oxygen atoms in total. The van der Waals surface area contributed by atoms with Crippen molar-refractivity contribution in [2.45, 2.75) is 25.3 Å². The summed E-state index contributed by atoms with van der Waals surface area (Å²) in [5.74, 6) is 0.0551. The lowest BCUT2D eigenvalue weighted by molar-refractivity contribution is 0.0914. The summed E-state index contributed by atoms with van der Waals surface area (Å²) in [4.78, 5) is 31.3. The lowest BCUT2D eigenvalue weighted by Gasteiger charge is -2.18. The van der Waals surface area contributed by atoms with E-state index in [9.17, 15) is 14.7 Å². The summed E-state index contributed by atoms with van der Waals surface area (Å²) in [6.07, 6.45) is 3.99. The van der Waals surface area contributed by atoms with Crippen LogP contribution in [-0.4, -0.2) is 33.6 Å². The summed E-state index contributed by atoms with van der Waals surface area (Å²) in [5.41, 5.74) is 0.316. The van der Waals surface area contributed by atoms with Crippen LogP contribution in [0.25, 0.3) is 11.4 Å². The van der Waals surface area contributed by atoms with Crippen molar-refractivity contribution in [2.24, 2.45) is 5.92 Å². The molecule has 120 valence electrons. The molecule has 1 aliphatic carbocycles. The molecule has 1 saturated carbocycles. The number of carbonyl (C=O) groups is 1. The van der Waals surface area contributed by atoms with Gasteiger partial charge in [-0.2, -0.15) is 0 Å². The molecule has 1 aliphatic rings. The van der Waals surface area contributed by atoms with E-state index >= 15 is 0 Å². The Labute approximate surface area is 133 Å². The van der Waals surface area contributed by atoms with Gasteiger partial charge < -0.3 is 15.4 Å². The highest BCUT2D eigenvalue weighted by atomic mass is 16.3. The predicted octanol–water partition coefficient (Wildman–Crippen LogP) is 1.33. The third-order valence-electron chi connectivity index (χ3n) is 4.30. The third kappa shape index (κ3) is 3.32. The minimum absolute atomic E-state index is 0.00623. The van der Waals surface area contributed by atoms with E-state index in [-0.39, 0.29) is 24.1 Å². The average molecular weight is 313 g/mol. The van der Waals surface area contributed by atoms with Gasteiger partial charge in [-0.05, 0) is 12.8 Å². The van der Waals surface area contributed by atoms with Gasteiger partial charge in [0, 0.05) is 30.3 Å². The summed E-state index contributed by atoms with van der Waals surface area (Å²) in [7, 11) is 0. The van der Waals surface area contributed by atoms with Gasteiger partial charge >= 0.3 is 0 Å². The Bertz CT molecular complexity index is 742. The van der Waals surface area contributed by atoms with Crippen LogP contribution < -0.4 is 10.9 Å². The number of aromatic nitrogens is 2. The maximum atomic E-state index is 12.3. The van der Waals surface area contributed by atoms with Crippen LogP contribution in [0.5, 0.6) is 0 Å². The maximum Gasteiger partial charge on any atom is 0.264 e. The molecule has 0 spiro atoms. The quantitative estimate of drug-likeness (QED) is 0.793. The molecule has 23 heavy (non-hydrogen) atoms. The van der Waals surface area contributed by atoms with Crippen LogP contribution in [0.2, 0.25) is 0 Å². The van der Waals surface area contributed by atoms with Crippen LogP contribution in [-0.2, 0) is 0 Å². The molecule has 3 N–H and O–H groups in total. The Kier molecular flexibility index (Phi) is 4.52. The second kappa shape index (κ2) is 6.75. The van der Waals surface area contributed by atoms with E-state index in [2.05, 4.69) is 15.3 Å². The molecule has 0 radical (unpaired) electrons. The van der Waals surface area contributed by atoms with Gasteiger partial charge in [-0.3, -0.25) is 9.59 Å². The number of nitrogens with one attached hydrogen (secondary N) is 2. The Hall–Kier alpha value is -2.47. The van der Waals surface area contributed by atoms with E-state index in [0.717, 1.165) is 24.8 Å². The van der Waals surface area contributed by atoms with Crippen LogP contribution in [0.1, 0.15) is 29.6 Å². The van der Waals surface area contributed by atoms with Gasteiger partial charge in [-0.1, -0.05) is 36.8 Å². The molecule has 0 unspecified atom stereocenters. The number of rotatable bonds is 4. The minimum atomic E-state index is -0.463. The van der Waals surface area contributed by atoms with Crippen LogP contribution in [0, 0.1) is 5.92 Å². The number of aliphatic hydroxyl groups is 1. The van der Waals surface area contributed by atoms with E-state index in [1.54, 1.807) is 0 Å². The molecule has 6 heteroatoms. The molecule has 0 saturated heterocycles. The topological polar surface area (TPSA) is 95.1 Å². The number of nitrogens with zero attached hydrogens (tertiary/aromatic N) is 1. The Balaban J connectivity index is 1.78. The number of H-pyrrole nitrogens is 1. The van der Waals surface area contributed by atoms with Gasteiger partial charge in [0.05, 0.1) is 0 Å². The van der Waals surface area contributed by atoms with Crippen molar-refractivity contribution in [1.82, 2.24) is 15.3 Å². The number of aromatic amines is 1. The van der Waals surface area contributed by atoms with Crippen molar-refractivity contribution >= 4 is 5.91 Å². The van der Waals surface area contributed by atoms with E-state index in [4.69, 9.17) is 0 Å². The number of benzene rings is 1. The van der Waals surface area contributed by atoms with Crippen LogP contribution >= 0.6 is 0 Å². The Morgan fingerprint density at radius 1 is 1.30 bits per heavy atom. The number of carbonyl (C=O) groups excluding carboxylic acids is 1. The van der Waals surface area contributed by atoms with E-state index in [0.29, 0.717) is 5.82 Å². The first-order valence-electron chi connectivity index (χ1n) is 7.75. The Morgan fingerprint density at radius 2 is 2.09 bits per heavy atom. The van der Waals surface area contributed by atoms with Crippen molar-refractivity contribution in [3.8, 4) is 11.4 Å². The summed E-state index contributed by atoms with van der Waals surface area (Å²) >= 11 is 0. The standard InChI is InChI=1S/C17H19N3O3/c21-10-12-7-4-8-14(12)19-16(22)13-9-18-15(20-17(13)23)11-5-2-1-3-6-11/h1-3,5-6,9,12,14,21H,4,7-8,10H2,(H,19,22)(H,18,20,23)/t12-,14-/m0/s1. The fourth-order valence-electron chi connectivity index (χ4n) is 2.99. The SMILES string of the molecule is O=C(N[C@H]1CCC[C@H]1CO)c1cnc(-c2ccccc2)[nH]c1=O. The zero-order valence-electron chi connectivity index (χ0n) is 12.7. The lowest BCUT2D eigenvalue weighted by Crippen LogP contribution is -2.40. The van der Waals surface area contributed by atoms with Crippen molar-refractivity contribution in [3.63, 3.8) is 0 Å². The van der Waals surface area contributed by atoms with Gasteiger partial charge in [0.2, 0.25) is 0 Å². The number of aliphatic hydroxyl groups excluding tert-OH is 1. The van der Waals surface area contributed by atoms with Crippen LogP contribution in [0.4, 0.5) is 0 Å². The highest BCUT2D eigenvalue weighted by Crippen LogP contribution is 2.25. The third-order valence-corrected chi connectivity index (χ3v) is 4.30. The second-order valence-corrected chi connectivity index (χ2v) is 5.79. The summed E-state index contributed by atoms with van der Waals surface area (Å²) < 4.78 is 0. The molecule has 2 atom stereocenters. The van der Waals surface area contributed by atoms with Gasteiger partial charge in [-0.25, -0.2) is 4.98 Å². The number of hydrogen-bond donors (Lipinski definition) is 3. The number of hydrogen-bond acceptors (Lipinski definition) is 4. The second-order valence-electron chi connectivity index (χ2n) is 5.79. The molecule has 1 fully saturated rings. The molecule has 1 aromatic carbocycles. The van der Waals surface area contributed by atoms with Crippen LogP contribution in [0.3, 0.4) is 0 Å². The van der Waals surface area contributed by atoms with Gasteiger partial charge in [0.25, 0.3) is 11.5 Å². The fraction of sp³-hybridized carbons (Fsp3) is 0.353. The zero-order valence-corrected chi connectivity index (χ0v) is 12.7. The van der Waals surface area contributed by atoms with Crippen molar-refractivity contribution in [3.05, 3.63) is 52.4 Å². The van der Waals surface area contributed by atoms with E-state index < -0.39 is 11.5 Å². The Morgan fingerprint density at radius 3 is 2.78 bits per heavy atom. The van der Waals surface area contributed by atoms with Crippen LogP contribution in [0.15, 0.2) is 41.3 Å². The highest BCUT2D eigenvalue weighted by molar-refractivity contribution is 5.93. The first-order valence-corrected chi connectivity index (χ1v) is 7.75. The molecule has 1 aromatic heterocycles. The number of amides is 1. The molecular weight excluding hydrogens is 294 g/mol. The largest absolute Gasteiger partial charge is 0.396 e. The first kappa shape index (κ1) is 15.4. The van der Waals surface area contributed by atoms with E-state index in [1.165, 1.54) is 6.20 Å². The van der Waals surface area contributed by atoms with Gasteiger partial charge in [0.15, 0.2) is 0 Å². The normalized spacial score (nSPS) is 20.4. The molecule has 1 amide bonds. The molecule has 2 aromatic rings. The highest BCUT2D eigenvalue weighted by Gasteiger charge is 2.28. The average Bonchev–Trinajstić information content (AvgIpc) is 3.02. The molecule has 3 rings (SSSR count). The first-order chi connectivity index (χ1) is 11.2. The van der Waals surface area contributed by atoms with Gasteiger partial charge in [-0.15, -0.1) is 0 Å².